The van der Waals surface area contributed by atoms with Crippen LogP contribution in [-0.2, 0) is 6.54 Å². The molecule has 0 N–H and O–H groups in total. The van der Waals surface area contributed by atoms with Crippen molar-refractivity contribution in [1.29, 1.82) is 0 Å². The molecule has 0 bridgehead atoms. The number of aromatic nitrogens is 2. The molecule has 3 aromatic rings. The van der Waals surface area contributed by atoms with Gasteiger partial charge in [-0.05, 0) is 50.1 Å². The van der Waals surface area contributed by atoms with Crippen molar-refractivity contribution in [2.24, 2.45) is 0 Å². The van der Waals surface area contributed by atoms with Crippen LogP contribution in [0.1, 0.15) is 35.8 Å². The highest BCUT2D eigenvalue weighted by Crippen LogP contribution is 2.33. The topological polar surface area (TPSA) is 29.0 Å². The average Bonchev–Trinajstić information content (AvgIpc) is 2.71. The second kappa shape index (κ2) is 8.15. The Hall–Kier alpha value is -2.66. The molecule has 0 amide bonds. The molecule has 144 valence electrons. The Balaban J connectivity index is 1.60. The zero-order chi connectivity index (χ0) is 19.5. The lowest BCUT2D eigenvalue weighted by Gasteiger charge is -2.33. The lowest BCUT2D eigenvalue weighted by molar-refractivity contribution is 0.196. The summed E-state index contributed by atoms with van der Waals surface area (Å²) < 4.78 is 27.4. The van der Waals surface area contributed by atoms with E-state index in [1.807, 2.05) is 25.3 Å². The monoisotopic (exact) mass is 379 g/mol. The van der Waals surface area contributed by atoms with Crippen molar-refractivity contribution in [3.63, 3.8) is 0 Å². The molecular weight excluding hydrogens is 356 g/mol. The Morgan fingerprint density at radius 3 is 2.64 bits per heavy atom. The van der Waals surface area contributed by atoms with Gasteiger partial charge in [0.05, 0.1) is 5.69 Å². The predicted molar refractivity (Wildman–Crippen MR) is 106 cm³/mol. The maximum atomic E-state index is 14.1. The van der Waals surface area contributed by atoms with Gasteiger partial charge in [-0.3, -0.25) is 4.90 Å². The van der Waals surface area contributed by atoms with Crippen molar-refractivity contribution in [2.75, 3.05) is 13.1 Å². The number of halogens is 2. The molecule has 0 radical (unpaired) electrons. The van der Waals surface area contributed by atoms with Crippen molar-refractivity contribution < 1.29 is 8.78 Å². The number of aryl methyl sites for hydroxylation is 1. The zero-order valence-electron chi connectivity index (χ0n) is 15.9. The smallest absolute Gasteiger partial charge is 0.127 e. The molecule has 3 nitrogen and oxygen atoms in total. The van der Waals surface area contributed by atoms with E-state index in [-0.39, 0.29) is 17.6 Å². The number of likely N-dealkylation sites (tertiary alicyclic amines) is 1. The summed E-state index contributed by atoms with van der Waals surface area (Å²) in [5.74, 6) is 0.552. The molecule has 2 aromatic carbocycles. The Bertz CT molecular complexity index is 956. The average molecular weight is 379 g/mol. The van der Waals surface area contributed by atoms with Crippen LogP contribution in [0.3, 0.4) is 0 Å². The first kappa shape index (κ1) is 18.7. The molecule has 1 aromatic heterocycles. The molecule has 0 saturated carbocycles. The Morgan fingerprint density at radius 1 is 1.07 bits per heavy atom. The summed E-state index contributed by atoms with van der Waals surface area (Å²) in [5, 5.41) is 0. The van der Waals surface area contributed by atoms with Crippen LogP contribution >= 0.6 is 0 Å². The van der Waals surface area contributed by atoms with Gasteiger partial charge in [0.1, 0.15) is 17.5 Å². The van der Waals surface area contributed by atoms with Crippen LogP contribution in [0.25, 0.3) is 11.1 Å². The summed E-state index contributed by atoms with van der Waals surface area (Å²) in [6.07, 6.45) is 3.89. The molecular formula is C23H23F2N3. The molecule has 1 aliphatic rings. The summed E-state index contributed by atoms with van der Waals surface area (Å²) in [4.78, 5) is 11.4. The highest BCUT2D eigenvalue weighted by molar-refractivity contribution is 5.65. The number of benzene rings is 2. The van der Waals surface area contributed by atoms with Gasteiger partial charge in [0, 0.05) is 36.3 Å². The fraction of sp³-hybridized carbons (Fsp3) is 0.304. The highest BCUT2D eigenvalue weighted by Gasteiger charge is 2.26. The van der Waals surface area contributed by atoms with E-state index >= 15 is 0 Å². The first-order valence-electron chi connectivity index (χ1n) is 9.65. The van der Waals surface area contributed by atoms with Crippen molar-refractivity contribution in [2.45, 2.75) is 32.2 Å². The summed E-state index contributed by atoms with van der Waals surface area (Å²) in [7, 11) is 0. The van der Waals surface area contributed by atoms with Gasteiger partial charge in [-0.2, -0.15) is 0 Å². The third-order valence-electron chi connectivity index (χ3n) is 5.34. The molecule has 28 heavy (non-hydrogen) atoms. The molecule has 1 saturated heterocycles. The van der Waals surface area contributed by atoms with Gasteiger partial charge in [0.15, 0.2) is 0 Å². The van der Waals surface area contributed by atoms with Crippen molar-refractivity contribution in [3.8, 4) is 11.1 Å². The van der Waals surface area contributed by atoms with E-state index < -0.39 is 0 Å². The van der Waals surface area contributed by atoms with Crippen LogP contribution in [0, 0.1) is 18.6 Å². The Kier molecular flexibility index (Phi) is 5.44. The molecule has 1 atom stereocenters. The van der Waals surface area contributed by atoms with E-state index in [1.54, 1.807) is 18.2 Å². The third kappa shape index (κ3) is 4.09. The molecule has 5 heteroatoms. The van der Waals surface area contributed by atoms with Crippen LogP contribution < -0.4 is 0 Å². The second-order valence-corrected chi connectivity index (χ2v) is 7.39. The largest absolute Gasteiger partial charge is 0.298 e. The summed E-state index contributed by atoms with van der Waals surface area (Å²) in [6, 6.07) is 13.4. The molecule has 2 heterocycles. The fourth-order valence-electron chi connectivity index (χ4n) is 3.94. The van der Waals surface area contributed by atoms with E-state index in [9.17, 15) is 8.78 Å². The summed E-state index contributed by atoms with van der Waals surface area (Å²) in [6.45, 7) is 4.25. The van der Waals surface area contributed by atoms with Crippen LogP contribution in [0.2, 0.25) is 0 Å². The van der Waals surface area contributed by atoms with Gasteiger partial charge in [-0.15, -0.1) is 0 Å². The minimum absolute atomic E-state index is 0.158. The Morgan fingerprint density at radius 2 is 1.86 bits per heavy atom. The van der Waals surface area contributed by atoms with Gasteiger partial charge in [0.2, 0.25) is 0 Å². The molecule has 1 fully saturated rings. The zero-order valence-corrected chi connectivity index (χ0v) is 15.9. The summed E-state index contributed by atoms with van der Waals surface area (Å²) >= 11 is 0. The lowest BCUT2D eigenvalue weighted by atomic mass is 9.89. The van der Waals surface area contributed by atoms with E-state index in [2.05, 4.69) is 9.88 Å². The van der Waals surface area contributed by atoms with Crippen molar-refractivity contribution >= 4 is 0 Å². The minimum Gasteiger partial charge on any atom is -0.298 e. The van der Waals surface area contributed by atoms with Crippen LogP contribution in [0.4, 0.5) is 8.78 Å². The van der Waals surface area contributed by atoms with E-state index in [1.165, 1.54) is 18.2 Å². The van der Waals surface area contributed by atoms with Crippen molar-refractivity contribution in [3.05, 3.63) is 83.4 Å². The lowest BCUT2D eigenvalue weighted by Crippen LogP contribution is -2.34. The maximum Gasteiger partial charge on any atom is 0.127 e. The molecule has 1 unspecified atom stereocenters. The normalized spacial score (nSPS) is 17.6. The van der Waals surface area contributed by atoms with E-state index in [4.69, 9.17) is 4.98 Å². The van der Waals surface area contributed by atoms with Gasteiger partial charge < -0.3 is 0 Å². The molecule has 1 aliphatic heterocycles. The number of nitrogens with zero attached hydrogens (tertiary/aromatic N) is 3. The molecule has 4 rings (SSSR count). The number of hydrogen-bond donors (Lipinski definition) is 0. The van der Waals surface area contributed by atoms with Crippen LogP contribution in [-0.4, -0.2) is 28.0 Å². The van der Waals surface area contributed by atoms with Crippen molar-refractivity contribution in [1.82, 2.24) is 14.9 Å². The quantitative estimate of drug-likeness (QED) is 0.631. The predicted octanol–water partition coefficient (Wildman–Crippen LogP) is 5.11. The van der Waals surface area contributed by atoms with Crippen LogP contribution in [0.15, 0.2) is 54.7 Å². The SMILES string of the molecule is Cc1ncc(-c2ccc(F)cc2)c(C2CCCN(Cc3ccccc3F)C2)n1. The van der Waals surface area contributed by atoms with Gasteiger partial charge in [-0.1, -0.05) is 30.3 Å². The summed E-state index contributed by atoms with van der Waals surface area (Å²) in [5.41, 5.74) is 3.59. The molecule has 0 aliphatic carbocycles. The van der Waals surface area contributed by atoms with E-state index in [0.29, 0.717) is 6.54 Å². The fourth-order valence-corrected chi connectivity index (χ4v) is 3.94. The first-order chi connectivity index (χ1) is 13.6. The number of rotatable bonds is 4. The highest BCUT2D eigenvalue weighted by atomic mass is 19.1. The number of piperidine rings is 1. The van der Waals surface area contributed by atoms with Gasteiger partial charge in [-0.25, -0.2) is 18.7 Å². The maximum absolute atomic E-state index is 14.1. The van der Waals surface area contributed by atoms with Crippen LogP contribution in [0.5, 0.6) is 0 Å². The number of hydrogen-bond acceptors (Lipinski definition) is 3. The first-order valence-corrected chi connectivity index (χ1v) is 9.65. The van der Waals surface area contributed by atoms with Gasteiger partial charge in [0.25, 0.3) is 0 Å². The Labute approximate surface area is 164 Å². The van der Waals surface area contributed by atoms with E-state index in [0.717, 1.165) is 54.1 Å². The second-order valence-electron chi connectivity index (χ2n) is 7.39. The van der Waals surface area contributed by atoms with Gasteiger partial charge >= 0.3 is 0 Å². The standard InChI is InChI=1S/C23H23F2N3/c1-16-26-13-21(17-8-10-20(24)11-9-17)23(27-16)19-6-4-12-28(15-19)14-18-5-2-3-7-22(18)25/h2-3,5,7-11,13,19H,4,6,12,14-15H2,1H3. The third-order valence-corrected chi connectivity index (χ3v) is 5.34. The minimum atomic E-state index is -0.257. The molecule has 0 spiro atoms.